The van der Waals surface area contributed by atoms with Gasteiger partial charge in [0.15, 0.2) is 0 Å². The third kappa shape index (κ3) is 0.950. The molecule has 13 heavy (non-hydrogen) atoms. The Kier molecular flexibility index (Phi) is 1.45. The first-order valence-electron chi connectivity index (χ1n) is 3.93. The lowest BCUT2D eigenvalue weighted by Crippen LogP contribution is -2.20. The monoisotopic (exact) mass is 176 g/mol. The summed E-state index contributed by atoms with van der Waals surface area (Å²) in [6.07, 6.45) is 1.60. The van der Waals surface area contributed by atoms with Gasteiger partial charge in [-0.25, -0.2) is 4.98 Å². The molecular weight excluding hydrogens is 168 g/mol. The van der Waals surface area contributed by atoms with Gasteiger partial charge in [0.2, 0.25) is 0 Å². The van der Waals surface area contributed by atoms with Crippen LogP contribution in [0.2, 0.25) is 0 Å². The molecule has 0 aliphatic carbocycles. The summed E-state index contributed by atoms with van der Waals surface area (Å²) in [5, 5.41) is 2.21. The molecule has 0 atom stereocenters. The molecule has 0 unspecified atom stereocenters. The van der Waals surface area contributed by atoms with Crippen LogP contribution in [-0.4, -0.2) is 16.8 Å². The van der Waals surface area contributed by atoms with Crippen molar-refractivity contribution in [2.75, 3.05) is 0 Å². The maximum absolute atomic E-state index is 11.3. The average Bonchev–Trinajstić information content (AvgIpc) is 2.35. The van der Waals surface area contributed by atoms with Gasteiger partial charge >= 0.3 is 0 Å². The number of nitrogens with zero attached hydrogens (tertiary/aromatic N) is 1. The molecule has 1 aromatic rings. The van der Waals surface area contributed by atoms with E-state index in [4.69, 9.17) is 0 Å². The van der Waals surface area contributed by atoms with Crippen LogP contribution in [0.25, 0.3) is 0 Å². The normalized spacial score (nSPS) is 14.3. The van der Waals surface area contributed by atoms with Gasteiger partial charge in [0.05, 0.1) is 5.56 Å². The number of carbonyl (C=O) groups is 2. The molecular formula is C9H8N2O2. The Labute approximate surface area is 75.0 Å². The van der Waals surface area contributed by atoms with E-state index in [2.05, 4.69) is 10.3 Å². The van der Waals surface area contributed by atoms with E-state index >= 15 is 0 Å². The molecule has 1 aliphatic rings. The molecule has 2 rings (SSSR count). The molecule has 66 valence electrons. The number of hydrogen-bond acceptors (Lipinski definition) is 3. The molecule has 0 aromatic carbocycles. The van der Waals surface area contributed by atoms with Crippen molar-refractivity contribution >= 4 is 11.8 Å². The zero-order chi connectivity index (χ0) is 9.59. The third-order valence-corrected chi connectivity index (χ3v) is 2.26. The van der Waals surface area contributed by atoms with Crippen LogP contribution in [0.5, 0.6) is 0 Å². The van der Waals surface area contributed by atoms with Crippen molar-refractivity contribution in [3.8, 4) is 0 Å². The van der Waals surface area contributed by atoms with E-state index in [1.54, 1.807) is 6.20 Å². The van der Waals surface area contributed by atoms with E-state index in [-0.39, 0.29) is 11.6 Å². The zero-order valence-electron chi connectivity index (χ0n) is 7.34. The van der Waals surface area contributed by atoms with Crippen molar-refractivity contribution in [3.05, 3.63) is 28.6 Å². The Morgan fingerprint density at radius 2 is 1.92 bits per heavy atom. The highest BCUT2D eigenvalue weighted by Gasteiger charge is 2.30. The first-order chi connectivity index (χ1) is 6.11. The van der Waals surface area contributed by atoms with Crippen LogP contribution in [0.15, 0.2) is 6.20 Å². The van der Waals surface area contributed by atoms with Gasteiger partial charge in [0.25, 0.3) is 11.8 Å². The largest absolute Gasteiger partial charge is 0.287 e. The van der Waals surface area contributed by atoms with Crippen molar-refractivity contribution in [2.45, 2.75) is 13.8 Å². The van der Waals surface area contributed by atoms with Crippen LogP contribution in [0.3, 0.4) is 0 Å². The van der Waals surface area contributed by atoms with Crippen molar-refractivity contribution in [2.24, 2.45) is 0 Å². The summed E-state index contributed by atoms with van der Waals surface area (Å²) in [5.41, 5.74) is 2.41. The molecule has 0 fully saturated rings. The summed E-state index contributed by atoms with van der Waals surface area (Å²) in [7, 11) is 0. The number of nitrogens with one attached hydrogen (secondary N) is 1. The second-order valence-electron chi connectivity index (χ2n) is 3.07. The van der Waals surface area contributed by atoms with Crippen LogP contribution >= 0.6 is 0 Å². The van der Waals surface area contributed by atoms with E-state index < -0.39 is 5.91 Å². The highest BCUT2D eigenvalue weighted by Crippen LogP contribution is 2.19. The molecule has 4 nitrogen and oxygen atoms in total. The topological polar surface area (TPSA) is 59.1 Å². The lowest BCUT2D eigenvalue weighted by atomic mass is 10.1. The SMILES string of the molecule is Cc1cnc2c(c1C)C(=O)NC2=O. The maximum Gasteiger partial charge on any atom is 0.277 e. The number of rotatable bonds is 0. The van der Waals surface area contributed by atoms with Gasteiger partial charge in [-0.3, -0.25) is 14.9 Å². The van der Waals surface area contributed by atoms with Gasteiger partial charge in [-0.1, -0.05) is 0 Å². The van der Waals surface area contributed by atoms with Gasteiger partial charge in [-0.15, -0.1) is 0 Å². The number of hydrogen-bond donors (Lipinski definition) is 1. The van der Waals surface area contributed by atoms with Crippen molar-refractivity contribution in [3.63, 3.8) is 0 Å². The summed E-state index contributed by atoms with van der Waals surface area (Å²) in [6.45, 7) is 3.67. The highest BCUT2D eigenvalue weighted by atomic mass is 16.2. The Hall–Kier alpha value is -1.71. The van der Waals surface area contributed by atoms with Crippen LogP contribution in [0, 0.1) is 13.8 Å². The molecule has 2 heterocycles. The smallest absolute Gasteiger partial charge is 0.277 e. The Morgan fingerprint density at radius 1 is 1.23 bits per heavy atom. The minimum atomic E-state index is -0.400. The average molecular weight is 176 g/mol. The van der Waals surface area contributed by atoms with E-state index in [1.165, 1.54) is 0 Å². The molecule has 4 heteroatoms. The Morgan fingerprint density at radius 3 is 2.62 bits per heavy atom. The van der Waals surface area contributed by atoms with Crippen LogP contribution < -0.4 is 5.32 Å². The lowest BCUT2D eigenvalue weighted by molar-refractivity contribution is 0.0878. The predicted octanol–water partition coefficient (Wildman–Crippen LogP) is 0.582. The fraction of sp³-hybridized carbons (Fsp3) is 0.222. The minimum absolute atomic E-state index is 0.244. The summed E-state index contributed by atoms with van der Waals surface area (Å²) in [4.78, 5) is 26.3. The summed E-state index contributed by atoms with van der Waals surface area (Å²) in [5.74, 6) is -0.739. The molecule has 0 bridgehead atoms. The molecule has 2 amide bonds. The quantitative estimate of drug-likeness (QED) is 0.588. The standard InChI is InChI=1S/C9H8N2O2/c1-4-3-10-7-6(5(4)2)8(12)11-9(7)13/h3H,1-2H3,(H,11,12,13). The fourth-order valence-electron chi connectivity index (χ4n) is 1.37. The molecule has 0 spiro atoms. The van der Waals surface area contributed by atoms with Gasteiger partial charge in [-0.2, -0.15) is 0 Å². The Bertz CT molecular complexity index is 424. The fourth-order valence-corrected chi connectivity index (χ4v) is 1.37. The molecule has 0 saturated heterocycles. The van der Waals surface area contributed by atoms with Crippen LogP contribution in [0.4, 0.5) is 0 Å². The number of aryl methyl sites for hydroxylation is 1. The second-order valence-corrected chi connectivity index (χ2v) is 3.07. The molecule has 1 N–H and O–H groups in total. The van der Waals surface area contributed by atoms with Gasteiger partial charge < -0.3 is 0 Å². The number of aromatic nitrogens is 1. The molecule has 1 aromatic heterocycles. The van der Waals surface area contributed by atoms with Gasteiger partial charge in [-0.05, 0) is 25.0 Å². The summed E-state index contributed by atoms with van der Waals surface area (Å²) < 4.78 is 0. The number of fused-ring (bicyclic) bond motifs is 1. The van der Waals surface area contributed by atoms with Crippen LogP contribution in [-0.2, 0) is 0 Å². The number of carbonyl (C=O) groups excluding carboxylic acids is 2. The zero-order valence-corrected chi connectivity index (χ0v) is 7.34. The van der Waals surface area contributed by atoms with Gasteiger partial charge in [0.1, 0.15) is 5.69 Å². The number of pyridine rings is 1. The Balaban J connectivity index is 2.78. The second kappa shape index (κ2) is 2.39. The van der Waals surface area contributed by atoms with E-state index in [9.17, 15) is 9.59 Å². The molecule has 0 saturated carbocycles. The van der Waals surface area contributed by atoms with Crippen molar-refractivity contribution in [1.82, 2.24) is 10.3 Å². The number of amides is 2. The first-order valence-corrected chi connectivity index (χ1v) is 3.93. The van der Waals surface area contributed by atoms with Crippen molar-refractivity contribution < 1.29 is 9.59 Å². The highest BCUT2D eigenvalue weighted by molar-refractivity contribution is 6.21. The molecule has 0 radical (unpaired) electrons. The van der Waals surface area contributed by atoms with E-state index in [1.807, 2.05) is 13.8 Å². The van der Waals surface area contributed by atoms with Crippen molar-refractivity contribution in [1.29, 1.82) is 0 Å². The third-order valence-electron chi connectivity index (χ3n) is 2.26. The summed E-state index contributed by atoms with van der Waals surface area (Å²) >= 11 is 0. The summed E-state index contributed by atoms with van der Waals surface area (Å²) in [6, 6.07) is 0. The minimum Gasteiger partial charge on any atom is -0.287 e. The predicted molar refractivity (Wildman–Crippen MR) is 45.5 cm³/mol. The van der Waals surface area contributed by atoms with Gasteiger partial charge in [0, 0.05) is 6.20 Å². The van der Waals surface area contributed by atoms with Crippen LogP contribution in [0.1, 0.15) is 32.0 Å². The number of imide groups is 1. The lowest BCUT2D eigenvalue weighted by Gasteiger charge is -2.01. The van der Waals surface area contributed by atoms with E-state index in [0.29, 0.717) is 5.56 Å². The maximum atomic E-state index is 11.3. The van der Waals surface area contributed by atoms with E-state index in [0.717, 1.165) is 11.1 Å². The first kappa shape index (κ1) is 7.91. The molecule has 1 aliphatic heterocycles.